The van der Waals surface area contributed by atoms with Crippen molar-refractivity contribution in [2.24, 2.45) is 0 Å². The van der Waals surface area contributed by atoms with E-state index in [1.807, 2.05) is 66.7 Å². The summed E-state index contributed by atoms with van der Waals surface area (Å²) in [6.45, 7) is 2.09. The van der Waals surface area contributed by atoms with Crippen molar-refractivity contribution < 1.29 is 4.42 Å². The second-order valence-corrected chi connectivity index (χ2v) is 11.4. The van der Waals surface area contributed by atoms with E-state index in [4.69, 9.17) is 19.4 Å². The van der Waals surface area contributed by atoms with Gasteiger partial charge in [0, 0.05) is 50.0 Å². The molecular formula is C40H26N4O. The molecule has 0 bridgehead atoms. The van der Waals surface area contributed by atoms with E-state index in [1.54, 1.807) is 0 Å². The maximum atomic E-state index is 6.54. The molecule has 3 aromatic heterocycles. The number of furan rings is 1. The summed E-state index contributed by atoms with van der Waals surface area (Å²) in [5.74, 6) is 1.93. The van der Waals surface area contributed by atoms with Crippen LogP contribution in [0.1, 0.15) is 5.56 Å². The number of nitrogens with zero attached hydrogens (tertiary/aromatic N) is 4. The van der Waals surface area contributed by atoms with Crippen LogP contribution in [0, 0.1) is 6.92 Å². The topological polar surface area (TPSA) is 56.7 Å². The largest absolute Gasteiger partial charge is 0.456 e. The zero-order valence-corrected chi connectivity index (χ0v) is 24.5. The average Bonchev–Trinajstić information content (AvgIpc) is 3.61. The summed E-state index contributed by atoms with van der Waals surface area (Å²) >= 11 is 0. The maximum Gasteiger partial charge on any atom is 0.164 e. The van der Waals surface area contributed by atoms with Gasteiger partial charge in [0.2, 0.25) is 0 Å². The Bertz CT molecular complexity index is 2470. The average molecular weight is 579 g/mol. The Balaban J connectivity index is 1.29. The fraction of sp³-hybridized carbons (Fsp3) is 0.0250. The summed E-state index contributed by atoms with van der Waals surface area (Å²) in [6, 6.07) is 48.0. The normalized spacial score (nSPS) is 11.7. The molecule has 0 aliphatic carbocycles. The van der Waals surface area contributed by atoms with Crippen LogP contribution in [-0.4, -0.2) is 19.5 Å². The van der Waals surface area contributed by atoms with Gasteiger partial charge in [-0.3, -0.25) is 0 Å². The van der Waals surface area contributed by atoms with Crippen molar-refractivity contribution in [1.82, 2.24) is 19.5 Å². The van der Waals surface area contributed by atoms with E-state index in [0.29, 0.717) is 17.5 Å². The second kappa shape index (κ2) is 10.00. The quantitative estimate of drug-likeness (QED) is 0.208. The SMILES string of the molecule is Cc1cc2oc3cc4c(cc3c2cc1-c1nc(-c2ccccc2)nc(-c2ccccc2)n1)c1ccccc1n4-c1ccccc1. The van der Waals surface area contributed by atoms with Gasteiger partial charge in [0.25, 0.3) is 0 Å². The first-order valence-corrected chi connectivity index (χ1v) is 15.0. The fourth-order valence-corrected chi connectivity index (χ4v) is 6.41. The molecule has 9 aromatic rings. The molecular weight excluding hydrogens is 552 g/mol. The maximum absolute atomic E-state index is 6.54. The lowest BCUT2D eigenvalue weighted by Gasteiger charge is -2.10. The van der Waals surface area contributed by atoms with Crippen LogP contribution in [0.15, 0.2) is 144 Å². The summed E-state index contributed by atoms with van der Waals surface area (Å²) in [5, 5.41) is 4.49. The summed E-state index contributed by atoms with van der Waals surface area (Å²) in [7, 11) is 0. The van der Waals surface area contributed by atoms with Crippen molar-refractivity contribution in [3.05, 3.63) is 145 Å². The molecule has 0 N–H and O–H groups in total. The number of aryl methyl sites for hydroxylation is 1. The Morgan fingerprint density at radius 2 is 1.02 bits per heavy atom. The van der Waals surface area contributed by atoms with Gasteiger partial charge in [0.1, 0.15) is 11.2 Å². The first-order valence-electron chi connectivity index (χ1n) is 15.0. The van der Waals surface area contributed by atoms with E-state index in [1.165, 1.54) is 16.3 Å². The van der Waals surface area contributed by atoms with Gasteiger partial charge in [-0.2, -0.15) is 0 Å². The van der Waals surface area contributed by atoms with Crippen LogP contribution in [-0.2, 0) is 0 Å². The van der Waals surface area contributed by atoms with Gasteiger partial charge in [-0.15, -0.1) is 0 Å². The molecule has 45 heavy (non-hydrogen) atoms. The minimum absolute atomic E-state index is 0.637. The Morgan fingerprint density at radius 3 is 1.71 bits per heavy atom. The molecule has 212 valence electrons. The third kappa shape index (κ3) is 4.13. The number of benzene rings is 6. The van der Waals surface area contributed by atoms with Crippen LogP contribution < -0.4 is 0 Å². The van der Waals surface area contributed by atoms with E-state index in [2.05, 4.69) is 84.3 Å². The smallest absolute Gasteiger partial charge is 0.164 e. The van der Waals surface area contributed by atoms with E-state index in [-0.39, 0.29) is 0 Å². The molecule has 0 amide bonds. The fourth-order valence-electron chi connectivity index (χ4n) is 6.41. The monoisotopic (exact) mass is 578 g/mol. The first-order chi connectivity index (χ1) is 22.2. The molecule has 3 heterocycles. The van der Waals surface area contributed by atoms with Gasteiger partial charge in [-0.1, -0.05) is 97.1 Å². The highest BCUT2D eigenvalue weighted by Crippen LogP contribution is 2.40. The van der Waals surface area contributed by atoms with Gasteiger partial charge in [0.05, 0.1) is 11.0 Å². The third-order valence-corrected chi connectivity index (χ3v) is 8.57. The van der Waals surface area contributed by atoms with Crippen molar-refractivity contribution in [2.45, 2.75) is 6.92 Å². The first kappa shape index (κ1) is 25.4. The molecule has 0 aliphatic heterocycles. The highest BCUT2D eigenvalue weighted by atomic mass is 16.3. The second-order valence-electron chi connectivity index (χ2n) is 11.4. The summed E-state index contributed by atoms with van der Waals surface area (Å²) in [6.07, 6.45) is 0. The molecule has 0 unspecified atom stereocenters. The van der Waals surface area contributed by atoms with Crippen LogP contribution in [0.3, 0.4) is 0 Å². The predicted octanol–water partition coefficient (Wildman–Crippen LogP) is 10.2. The van der Waals surface area contributed by atoms with Crippen molar-refractivity contribution in [1.29, 1.82) is 0 Å². The van der Waals surface area contributed by atoms with E-state index in [9.17, 15) is 0 Å². The molecule has 5 nitrogen and oxygen atoms in total. The van der Waals surface area contributed by atoms with E-state index >= 15 is 0 Å². The summed E-state index contributed by atoms with van der Waals surface area (Å²) in [5.41, 5.74) is 8.97. The molecule has 0 fully saturated rings. The Kier molecular flexibility index (Phi) is 5.65. The predicted molar refractivity (Wildman–Crippen MR) is 182 cm³/mol. The van der Waals surface area contributed by atoms with Gasteiger partial charge >= 0.3 is 0 Å². The van der Waals surface area contributed by atoms with Crippen molar-refractivity contribution in [2.75, 3.05) is 0 Å². The van der Waals surface area contributed by atoms with Crippen molar-refractivity contribution in [3.63, 3.8) is 0 Å². The Morgan fingerprint density at radius 1 is 0.467 bits per heavy atom. The lowest BCUT2D eigenvalue weighted by atomic mass is 10.0. The number of fused-ring (bicyclic) bond motifs is 6. The van der Waals surface area contributed by atoms with Gasteiger partial charge in [0.15, 0.2) is 17.5 Å². The van der Waals surface area contributed by atoms with Crippen LogP contribution in [0.25, 0.3) is 83.6 Å². The molecule has 0 atom stereocenters. The lowest BCUT2D eigenvalue weighted by molar-refractivity contribution is 0.669. The van der Waals surface area contributed by atoms with Crippen LogP contribution >= 0.6 is 0 Å². The lowest BCUT2D eigenvalue weighted by Crippen LogP contribution is -2.01. The molecule has 5 heteroatoms. The molecule has 0 saturated carbocycles. The minimum Gasteiger partial charge on any atom is -0.456 e. The summed E-state index contributed by atoms with van der Waals surface area (Å²) < 4.78 is 8.85. The van der Waals surface area contributed by atoms with Crippen molar-refractivity contribution in [3.8, 4) is 39.9 Å². The third-order valence-electron chi connectivity index (χ3n) is 8.57. The highest BCUT2D eigenvalue weighted by Gasteiger charge is 2.19. The zero-order valence-electron chi connectivity index (χ0n) is 24.5. The van der Waals surface area contributed by atoms with Gasteiger partial charge in [-0.25, -0.2) is 15.0 Å². The standard InChI is InChI=1S/C40H26N4O/c1-25-21-36-32(22-30(25)40-42-38(26-13-5-2-6-14-26)41-39(43-40)27-15-7-3-8-16-27)33-23-31-29-19-11-12-20-34(29)44(28-17-9-4-10-18-28)35(31)24-37(33)45-36/h2-24H,1H3. The van der Waals surface area contributed by atoms with Crippen LogP contribution in [0.5, 0.6) is 0 Å². The number of hydrogen-bond donors (Lipinski definition) is 0. The molecule has 0 radical (unpaired) electrons. The van der Waals surface area contributed by atoms with Crippen LogP contribution in [0.4, 0.5) is 0 Å². The number of aromatic nitrogens is 4. The molecule has 0 saturated heterocycles. The minimum atomic E-state index is 0.637. The summed E-state index contributed by atoms with van der Waals surface area (Å²) in [4.78, 5) is 14.9. The van der Waals surface area contributed by atoms with Crippen LogP contribution in [0.2, 0.25) is 0 Å². The Labute approximate surface area is 259 Å². The van der Waals surface area contributed by atoms with E-state index < -0.39 is 0 Å². The van der Waals surface area contributed by atoms with Crippen molar-refractivity contribution >= 4 is 43.7 Å². The number of rotatable bonds is 4. The zero-order chi connectivity index (χ0) is 29.9. The molecule has 9 rings (SSSR count). The number of para-hydroxylation sites is 2. The molecule has 0 aliphatic rings. The van der Waals surface area contributed by atoms with Gasteiger partial charge < -0.3 is 8.98 Å². The molecule has 6 aromatic carbocycles. The van der Waals surface area contributed by atoms with E-state index in [0.717, 1.165) is 55.4 Å². The number of hydrogen-bond acceptors (Lipinski definition) is 4. The van der Waals surface area contributed by atoms with Gasteiger partial charge in [-0.05, 0) is 48.9 Å². The molecule has 0 spiro atoms. The highest BCUT2D eigenvalue weighted by molar-refractivity contribution is 6.17. The Hall–Kier alpha value is -6.07.